The van der Waals surface area contributed by atoms with E-state index in [1.54, 1.807) is 25.3 Å². The van der Waals surface area contributed by atoms with Crippen LogP contribution in [0.2, 0.25) is 0 Å². The number of nitrogens with one attached hydrogen (secondary N) is 1. The van der Waals surface area contributed by atoms with Gasteiger partial charge in [-0.15, -0.1) is 0 Å². The van der Waals surface area contributed by atoms with Crippen LogP contribution in [-0.4, -0.2) is 44.1 Å². The minimum Gasteiger partial charge on any atom is -0.492 e. The molecule has 2 aromatic carbocycles. The molecule has 2 aliphatic heterocycles. The van der Waals surface area contributed by atoms with Crippen LogP contribution < -0.4 is 19.5 Å². The fourth-order valence-corrected chi connectivity index (χ4v) is 5.89. The molecule has 0 atom stereocenters. The van der Waals surface area contributed by atoms with Crippen molar-refractivity contribution in [3.8, 4) is 17.2 Å². The minimum absolute atomic E-state index is 0.00638. The summed E-state index contributed by atoms with van der Waals surface area (Å²) in [4.78, 5) is 28.2. The Morgan fingerprint density at radius 1 is 1.20 bits per heavy atom. The first-order chi connectivity index (χ1) is 17.0. The Morgan fingerprint density at radius 3 is 2.74 bits per heavy atom. The topological polar surface area (TPSA) is 77.1 Å². The smallest absolute Gasteiger partial charge is 0.231 e. The van der Waals surface area contributed by atoms with Crippen molar-refractivity contribution in [3.63, 3.8) is 0 Å². The van der Waals surface area contributed by atoms with Crippen molar-refractivity contribution in [2.45, 2.75) is 38.5 Å². The lowest BCUT2D eigenvalue weighted by Gasteiger charge is -2.20. The molecule has 1 saturated carbocycles. The monoisotopic (exact) mass is 540 g/mol. The van der Waals surface area contributed by atoms with E-state index in [9.17, 15) is 9.59 Å². The second kappa shape index (κ2) is 9.93. The average Bonchev–Trinajstić information content (AvgIpc) is 3.51. The molecule has 0 saturated heterocycles. The molecular formula is C27H29BrN2O5. The Hall–Kier alpha value is -3.00. The Kier molecular flexibility index (Phi) is 6.73. The molecule has 7 nitrogen and oxygen atoms in total. The number of ketones is 1. The van der Waals surface area contributed by atoms with Crippen molar-refractivity contribution < 1.29 is 23.8 Å². The van der Waals surface area contributed by atoms with Gasteiger partial charge in [-0.05, 0) is 64.9 Å². The maximum Gasteiger partial charge on any atom is 0.231 e. The molecule has 3 aliphatic rings. The zero-order valence-electron chi connectivity index (χ0n) is 20.0. The number of carbonyl (C=O) groups excluding carboxylic acids is 2. The van der Waals surface area contributed by atoms with Gasteiger partial charge in [0.2, 0.25) is 24.2 Å². The van der Waals surface area contributed by atoms with E-state index >= 15 is 0 Å². The number of halogens is 1. The summed E-state index contributed by atoms with van der Waals surface area (Å²) >= 11 is 3.67. The predicted molar refractivity (Wildman–Crippen MR) is 137 cm³/mol. The molecule has 0 unspecified atom stereocenters. The molecule has 0 aromatic heterocycles. The predicted octanol–water partition coefficient (Wildman–Crippen LogP) is 5.42. The van der Waals surface area contributed by atoms with Crippen LogP contribution in [0.3, 0.4) is 0 Å². The van der Waals surface area contributed by atoms with Gasteiger partial charge in [-0.3, -0.25) is 9.59 Å². The number of amides is 1. The second-order valence-corrected chi connectivity index (χ2v) is 10.1. The number of anilines is 1. The second-order valence-electron chi connectivity index (χ2n) is 9.32. The van der Waals surface area contributed by atoms with Gasteiger partial charge >= 0.3 is 0 Å². The minimum atomic E-state index is -0.122. The molecule has 0 spiro atoms. The van der Waals surface area contributed by atoms with Crippen LogP contribution >= 0.6 is 15.9 Å². The van der Waals surface area contributed by atoms with Crippen LogP contribution in [0.5, 0.6) is 17.2 Å². The van der Waals surface area contributed by atoms with Crippen molar-refractivity contribution in [3.05, 3.63) is 51.1 Å². The maximum atomic E-state index is 13.7. The lowest BCUT2D eigenvalue weighted by atomic mass is 10.0. The third-order valence-electron chi connectivity index (χ3n) is 7.04. The van der Waals surface area contributed by atoms with E-state index < -0.39 is 0 Å². The Labute approximate surface area is 213 Å². The van der Waals surface area contributed by atoms with Crippen molar-refractivity contribution in [2.24, 2.45) is 5.92 Å². The fourth-order valence-electron chi connectivity index (χ4n) is 5.19. The fraction of sp³-hybridized carbons (Fsp3) is 0.407. The third-order valence-corrected chi connectivity index (χ3v) is 7.88. The van der Waals surface area contributed by atoms with Crippen molar-refractivity contribution in [1.29, 1.82) is 0 Å². The number of benzene rings is 2. The Bertz CT molecular complexity index is 1200. The third kappa shape index (κ3) is 4.63. The number of nitrogens with zero attached hydrogens (tertiary/aromatic N) is 1. The molecule has 1 fully saturated rings. The van der Waals surface area contributed by atoms with E-state index in [2.05, 4.69) is 21.2 Å². The first-order valence-corrected chi connectivity index (χ1v) is 12.8. The summed E-state index contributed by atoms with van der Waals surface area (Å²) in [6.07, 6.45) is 7.74. The van der Waals surface area contributed by atoms with E-state index in [1.807, 2.05) is 24.1 Å². The molecule has 0 radical (unpaired) electrons. The molecular weight excluding hydrogens is 512 g/mol. The summed E-state index contributed by atoms with van der Waals surface area (Å²) in [5.74, 6) is 2.08. The lowest BCUT2D eigenvalue weighted by molar-refractivity contribution is -0.117. The van der Waals surface area contributed by atoms with Gasteiger partial charge in [-0.2, -0.15) is 0 Å². The van der Waals surface area contributed by atoms with Gasteiger partial charge in [0.05, 0.1) is 17.3 Å². The number of carbonyl (C=O) groups is 2. The van der Waals surface area contributed by atoms with Gasteiger partial charge < -0.3 is 24.4 Å². The largest absolute Gasteiger partial charge is 0.492 e. The maximum absolute atomic E-state index is 13.7. The zero-order valence-corrected chi connectivity index (χ0v) is 21.6. The molecule has 2 aromatic rings. The van der Waals surface area contributed by atoms with Crippen LogP contribution in [0.4, 0.5) is 5.69 Å². The average molecular weight is 541 g/mol. The molecule has 0 bridgehead atoms. The molecule has 8 heteroatoms. The molecule has 184 valence electrons. The van der Waals surface area contributed by atoms with Crippen molar-refractivity contribution in [2.75, 3.05) is 32.8 Å². The van der Waals surface area contributed by atoms with Crippen LogP contribution in [0, 0.1) is 5.92 Å². The van der Waals surface area contributed by atoms with Gasteiger partial charge in [0.25, 0.3) is 0 Å². The van der Waals surface area contributed by atoms with Gasteiger partial charge in [-0.1, -0.05) is 25.0 Å². The number of hydrogen-bond acceptors (Lipinski definition) is 6. The Balaban J connectivity index is 1.44. The number of ether oxygens (including phenoxy) is 3. The highest BCUT2D eigenvalue weighted by atomic mass is 79.9. The van der Waals surface area contributed by atoms with Crippen molar-refractivity contribution in [1.82, 2.24) is 4.90 Å². The number of methoxy groups -OCH3 is 1. The summed E-state index contributed by atoms with van der Waals surface area (Å²) in [5.41, 5.74) is 3.51. The SMILES string of the molecule is COc1c2c(c(Br)c3c1OCO3)CCN(C)C(C(=O)c1cccc(NC(=O)CC3CCCC3)c1)=C2. The lowest BCUT2D eigenvalue weighted by Crippen LogP contribution is -2.24. The summed E-state index contributed by atoms with van der Waals surface area (Å²) in [7, 11) is 3.50. The van der Waals surface area contributed by atoms with Gasteiger partial charge in [0.1, 0.15) is 0 Å². The molecule has 1 N–H and O–H groups in total. The zero-order chi connectivity index (χ0) is 24.5. The molecule has 1 aliphatic carbocycles. The highest BCUT2D eigenvalue weighted by Gasteiger charge is 2.31. The molecule has 2 heterocycles. The number of Topliss-reactive ketones (excluding diaryl/α,β-unsaturated/α-hetero) is 1. The number of allylic oxidation sites excluding steroid dienone is 1. The van der Waals surface area contributed by atoms with Crippen LogP contribution in [0.25, 0.3) is 6.08 Å². The number of likely N-dealkylation sites (N-methyl/N-ethyl adjacent to an activating group) is 1. The van der Waals surface area contributed by atoms with Gasteiger partial charge in [0.15, 0.2) is 11.5 Å². The van der Waals surface area contributed by atoms with Gasteiger partial charge in [0, 0.05) is 36.8 Å². The van der Waals surface area contributed by atoms with E-state index in [4.69, 9.17) is 14.2 Å². The number of rotatable bonds is 6. The van der Waals surface area contributed by atoms with Crippen LogP contribution in [-0.2, 0) is 11.2 Å². The summed E-state index contributed by atoms with van der Waals surface area (Å²) in [5, 5.41) is 2.98. The van der Waals surface area contributed by atoms with Crippen LogP contribution in [0.15, 0.2) is 34.4 Å². The highest BCUT2D eigenvalue weighted by molar-refractivity contribution is 9.10. The van der Waals surface area contributed by atoms with E-state index in [-0.39, 0.29) is 18.5 Å². The number of hydrogen-bond donors (Lipinski definition) is 1. The highest BCUT2D eigenvalue weighted by Crippen LogP contribution is 2.51. The Morgan fingerprint density at radius 2 is 1.97 bits per heavy atom. The summed E-state index contributed by atoms with van der Waals surface area (Å²) < 4.78 is 17.9. The normalized spacial score (nSPS) is 17.0. The summed E-state index contributed by atoms with van der Waals surface area (Å²) in [6.45, 7) is 0.769. The van der Waals surface area contributed by atoms with Crippen LogP contribution in [0.1, 0.15) is 53.6 Å². The number of fused-ring (bicyclic) bond motifs is 2. The first kappa shape index (κ1) is 23.7. The molecule has 5 rings (SSSR count). The van der Waals surface area contributed by atoms with Gasteiger partial charge in [-0.25, -0.2) is 0 Å². The molecule has 1 amide bonds. The van der Waals surface area contributed by atoms with E-state index in [0.29, 0.717) is 59.5 Å². The molecule has 35 heavy (non-hydrogen) atoms. The first-order valence-electron chi connectivity index (χ1n) is 12.0. The van der Waals surface area contributed by atoms with Crippen molar-refractivity contribution >= 4 is 39.4 Å². The standard InChI is InChI=1S/C27H29BrN2O5/c1-30-11-10-19-20(25(33-2)27-26(23(19)28)34-15-35-27)14-21(30)24(32)17-8-5-9-18(13-17)29-22(31)12-16-6-3-4-7-16/h5,8-9,13-14,16H,3-4,6-7,10-12,15H2,1-2H3,(H,29,31). The summed E-state index contributed by atoms with van der Waals surface area (Å²) in [6, 6.07) is 7.16. The van der Waals surface area contributed by atoms with E-state index in [0.717, 1.165) is 28.4 Å². The van der Waals surface area contributed by atoms with E-state index in [1.165, 1.54) is 12.8 Å². The quantitative estimate of drug-likeness (QED) is 0.493.